The second-order valence-electron chi connectivity index (χ2n) is 3.37. The Hall–Kier alpha value is -1.70. The summed E-state index contributed by atoms with van der Waals surface area (Å²) in [5, 5.41) is 26.0. The zero-order valence-corrected chi connectivity index (χ0v) is 9.39. The molecule has 0 spiro atoms. The Morgan fingerprint density at radius 2 is 1.71 bits per heavy atom. The van der Waals surface area contributed by atoms with E-state index in [1.165, 1.54) is 38.3 Å². The molecule has 0 amide bonds. The quantitative estimate of drug-likeness (QED) is 0.436. The maximum absolute atomic E-state index is 10.4. The molecule has 2 rings (SSSR count). The zero-order chi connectivity index (χ0) is 11.8. The van der Waals surface area contributed by atoms with Crippen molar-refractivity contribution in [3.8, 4) is 5.75 Å². The molecule has 0 saturated carbocycles. The molecule has 1 aromatic rings. The van der Waals surface area contributed by atoms with Crippen molar-refractivity contribution < 1.29 is 20.8 Å². The number of nitrogens with one attached hydrogen (secondary N) is 1. The van der Waals surface area contributed by atoms with Crippen LogP contribution in [-0.4, -0.2) is 36.6 Å². The van der Waals surface area contributed by atoms with E-state index in [1.54, 1.807) is 0 Å². The van der Waals surface area contributed by atoms with Crippen molar-refractivity contribution in [2.45, 2.75) is 0 Å². The van der Waals surface area contributed by atoms with Gasteiger partial charge < -0.3 is 21.2 Å². The molecule has 0 aromatic heterocycles. The van der Waals surface area contributed by atoms with Gasteiger partial charge in [-0.2, -0.15) is 0 Å². The molecule has 1 aliphatic rings. The lowest BCUT2D eigenvalue weighted by Gasteiger charge is -2.07. The van der Waals surface area contributed by atoms with Crippen molar-refractivity contribution in [1.82, 2.24) is 5.32 Å². The highest BCUT2D eigenvalue weighted by Crippen LogP contribution is 2.12. The molecule has 96 valence electrons. The number of nitrogens with zero attached hydrogens (tertiary/aromatic N) is 1. The van der Waals surface area contributed by atoms with E-state index in [1.807, 2.05) is 0 Å². The van der Waals surface area contributed by atoms with Crippen LogP contribution in [0.3, 0.4) is 0 Å². The average molecular weight is 243 g/mol. The Morgan fingerprint density at radius 3 is 2.00 bits per heavy atom. The van der Waals surface area contributed by atoms with Crippen molar-refractivity contribution in [3.63, 3.8) is 0 Å². The third kappa shape index (κ3) is 6.46. The summed E-state index contributed by atoms with van der Waals surface area (Å²) in [5.74, 6) is -0.217. The molecule has 0 atom stereocenters. The van der Waals surface area contributed by atoms with Crippen molar-refractivity contribution >= 4 is 5.69 Å². The van der Waals surface area contributed by atoms with E-state index in [0.717, 1.165) is 12.1 Å². The van der Waals surface area contributed by atoms with Crippen LogP contribution in [0.1, 0.15) is 0 Å². The van der Waals surface area contributed by atoms with E-state index >= 15 is 0 Å². The molecule has 5 N–H and O–H groups in total. The van der Waals surface area contributed by atoms with Gasteiger partial charge in [-0.15, -0.1) is 5.75 Å². The molecular formula is C10H17N3O4. The van der Waals surface area contributed by atoms with Crippen molar-refractivity contribution in [2.75, 3.05) is 26.2 Å². The first-order valence-corrected chi connectivity index (χ1v) is 5.14. The van der Waals surface area contributed by atoms with Gasteiger partial charge in [-0.3, -0.25) is 10.1 Å². The lowest BCUT2D eigenvalue weighted by Crippen LogP contribution is -2.89. The number of hydrogen-bond acceptors (Lipinski definition) is 4. The van der Waals surface area contributed by atoms with Gasteiger partial charge in [-0.1, -0.05) is 12.1 Å². The van der Waals surface area contributed by atoms with Gasteiger partial charge in [0.05, 0.1) is 18.0 Å². The number of hydrogen-bond donors (Lipinski definition) is 2. The van der Waals surface area contributed by atoms with Gasteiger partial charge in [0.2, 0.25) is 0 Å². The smallest absolute Gasteiger partial charge is 0.269 e. The van der Waals surface area contributed by atoms with E-state index in [4.69, 9.17) is 0 Å². The summed E-state index contributed by atoms with van der Waals surface area (Å²) < 4.78 is 0. The van der Waals surface area contributed by atoms with Gasteiger partial charge in [0.15, 0.2) is 0 Å². The first-order chi connectivity index (χ1) is 7.70. The van der Waals surface area contributed by atoms with Gasteiger partial charge in [0.25, 0.3) is 5.69 Å². The number of benzene rings is 1. The predicted molar refractivity (Wildman–Crippen MR) is 60.7 cm³/mol. The monoisotopic (exact) mass is 243 g/mol. The highest BCUT2D eigenvalue weighted by Gasteiger charge is 1.99. The van der Waals surface area contributed by atoms with Crippen molar-refractivity contribution in [1.29, 1.82) is 0 Å². The fraction of sp³-hybridized carbons (Fsp3) is 0.400. The Bertz CT molecular complexity index is 313. The summed E-state index contributed by atoms with van der Waals surface area (Å²) in [5.41, 5.74) is -0.0559. The number of nitro benzene ring substituents is 1. The van der Waals surface area contributed by atoms with Gasteiger partial charge in [-0.05, 0) is 0 Å². The molecule has 0 bridgehead atoms. The van der Waals surface area contributed by atoms with E-state index in [9.17, 15) is 15.2 Å². The molecule has 1 heterocycles. The molecule has 1 saturated heterocycles. The summed E-state index contributed by atoms with van der Waals surface area (Å²) in [4.78, 5) is 9.47. The van der Waals surface area contributed by atoms with E-state index in [2.05, 4.69) is 10.6 Å². The van der Waals surface area contributed by atoms with Crippen molar-refractivity contribution in [3.05, 3.63) is 34.4 Å². The van der Waals surface area contributed by atoms with Crippen LogP contribution in [0.5, 0.6) is 5.75 Å². The summed E-state index contributed by atoms with van der Waals surface area (Å²) in [6.45, 7) is 4.92. The molecule has 0 radical (unpaired) electrons. The van der Waals surface area contributed by atoms with Crippen LogP contribution < -0.4 is 15.7 Å². The largest absolute Gasteiger partial charge is 0.872 e. The van der Waals surface area contributed by atoms with Crippen LogP contribution in [0.4, 0.5) is 5.69 Å². The number of rotatable bonds is 1. The minimum Gasteiger partial charge on any atom is -0.872 e. The number of non-ortho nitro benzene ring substituents is 1. The SMILES string of the molecule is C1C[NH2+]CCN1.O.O=[N+]([O-])c1ccc([O-])cc1. The lowest BCUT2D eigenvalue weighted by atomic mass is 10.3. The Balaban J connectivity index is 0.000000316. The van der Waals surface area contributed by atoms with Crippen LogP contribution in [0, 0.1) is 10.1 Å². The second-order valence-corrected chi connectivity index (χ2v) is 3.37. The maximum Gasteiger partial charge on any atom is 0.269 e. The molecular weight excluding hydrogens is 226 g/mol. The minimum absolute atomic E-state index is 0. The minimum atomic E-state index is -0.542. The van der Waals surface area contributed by atoms with Gasteiger partial charge in [0.1, 0.15) is 0 Å². The zero-order valence-electron chi connectivity index (χ0n) is 9.39. The average Bonchev–Trinajstić information content (AvgIpc) is 2.32. The van der Waals surface area contributed by atoms with E-state index in [0.29, 0.717) is 0 Å². The van der Waals surface area contributed by atoms with Crippen LogP contribution >= 0.6 is 0 Å². The standard InChI is InChI=1S/C6H5NO3.C4H10N2.H2O/c8-6-3-1-5(2-4-6)7(9)10;1-2-6-4-3-5-1;/h1-4,8H;5-6H,1-4H2;1H2. The molecule has 17 heavy (non-hydrogen) atoms. The fourth-order valence-electron chi connectivity index (χ4n) is 1.25. The lowest BCUT2D eigenvalue weighted by molar-refractivity contribution is -0.657. The van der Waals surface area contributed by atoms with Gasteiger partial charge in [0, 0.05) is 25.2 Å². The Labute approximate surface area is 98.9 Å². The van der Waals surface area contributed by atoms with Crippen LogP contribution in [-0.2, 0) is 0 Å². The number of piperazine rings is 1. The van der Waals surface area contributed by atoms with Crippen LogP contribution in [0.2, 0.25) is 0 Å². The molecule has 1 aliphatic heterocycles. The second kappa shape index (κ2) is 8.45. The third-order valence-electron chi connectivity index (χ3n) is 2.10. The molecule has 0 unspecified atom stereocenters. The Morgan fingerprint density at radius 1 is 1.18 bits per heavy atom. The van der Waals surface area contributed by atoms with E-state index in [-0.39, 0.29) is 16.9 Å². The van der Waals surface area contributed by atoms with E-state index < -0.39 is 4.92 Å². The molecule has 0 aliphatic carbocycles. The van der Waals surface area contributed by atoms with Crippen LogP contribution in [0.15, 0.2) is 24.3 Å². The fourth-order valence-corrected chi connectivity index (χ4v) is 1.25. The van der Waals surface area contributed by atoms with Gasteiger partial charge >= 0.3 is 0 Å². The topological polar surface area (TPSA) is 126 Å². The summed E-state index contributed by atoms with van der Waals surface area (Å²) in [6.07, 6.45) is 0. The first-order valence-electron chi connectivity index (χ1n) is 5.14. The highest BCUT2D eigenvalue weighted by molar-refractivity contribution is 5.34. The van der Waals surface area contributed by atoms with Crippen LogP contribution in [0.25, 0.3) is 0 Å². The van der Waals surface area contributed by atoms with Crippen molar-refractivity contribution in [2.24, 2.45) is 0 Å². The first kappa shape index (κ1) is 15.3. The predicted octanol–water partition coefficient (Wildman–Crippen LogP) is -2.00. The summed E-state index contributed by atoms with van der Waals surface area (Å²) in [6, 6.07) is 4.70. The molecule has 1 aromatic carbocycles. The molecule has 7 heteroatoms. The molecule has 1 fully saturated rings. The summed E-state index contributed by atoms with van der Waals surface area (Å²) >= 11 is 0. The highest BCUT2D eigenvalue weighted by atomic mass is 16.6. The normalized spacial score (nSPS) is 13.9. The summed E-state index contributed by atoms with van der Waals surface area (Å²) in [7, 11) is 0. The van der Waals surface area contributed by atoms with Gasteiger partial charge in [-0.25, -0.2) is 0 Å². The third-order valence-corrected chi connectivity index (χ3v) is 2.10. The number of nitro groups is 1. The maximum atomic E-state index is 10.4. The number of nitrogens with two attached hydrogens (primary N) is 1. The number of quaternary nitrogens is 1. The Kier molecular flexibility index (Phi) is 7.61. The molecule has 7 nitrogen and oxygen atoms in total.